The molecule has 1 aliphatic carbocycles. The summed E-state index contributed by atoms with van der Waals surface area (Å²) < 4.78 is 0. The molecular formula is C19H29N3O. The molecule has 3 N–H and O–H groups in total. The van der Waals surface area contributed by atoms with Crippen LogP contribution >= 0.6 is 0 Å². The van der Waals surface area contributed by atoms with Gasteiger partial charge in [-0.05, 0) is 42.7 Å². The first-order chi connectivity index (χ1) is 10.9. The van der Waals surface area contributed by atoms with Gasteiger partial charge in [-0.1, -0.05) is 45.9 Å². The Bertz CT molecular complexity index is 549. The number of nitrogens with one attached hydrogen (secondary N) is 1. The number of carbonyl (C=O) groups is 1. The Labute approximate surface area is 139 Å². The second kappa shape index (κ2) is 9.23. The van der Waals surface area contributed by atoms with Crippen molar-refractivity contribution in [1.29, 1.82) is 5.41 Å². The molecule has 0 spiro atoms. The second-order valence-electron chi connectivity index (χ2n) is 6.29. The van der Waals surface area contributed by atoms with Gasteiger partial charge in [0, 0.05) is 17.8 Å². The third-order valence-corrected chi connectivity index (χ3v) is 4.25. The number of carbonyl (C=O) groups excluding carboxylic acids is 1. The zero-order valence-electron chi connectivity index (χ0n) is 14.7. The van der Waals surface area contributed by atoms with Gasteiger partial charge < -0.3 is 5.73 Å². The number of rotatable bonds is 8. The van der Waals surface area contributed by atoms with Gasteiger partial charge in [0.1, 0.15) is 5.71 Å². The maximum Gasteiger partial charge on any atom is 0.266 e. The van der Waals surface area contributed by atoms with Gasteiger partial charge in [-0.3, -0.25) is 15.2 Å². The quantitative estimate of drug-likeness (QED) is 0.656. The molecule has 1 aliphatic rings. The lowest BCUT2D eigenvalue weighted by atomic mass is 9.86. The molecule has 4 nitrogen and oxygen atoms in total. The summed E-state index contributed by atoms with van der Waals surface area (Å²) in [6, 6.07) is 0.262. The van der Waals surface area contributed by atoms with E-state index in [-0.39, 0.29) is 11.8 Å². The molecule has 4 heteroatoms. The Hall–Kier alpha value is -1.97. The molecule has 0 saturated carbocycles. The van der Waals surface area contributed by atoms with Crippen molar-refractivity contribution in [3.63, 3.8) is 0 Å². The van der Waals surface area contributed by atoms with Crippen LogP contribution in [0.5, 0.6) is 0 Å². The highest BCUT2D eigenvalue weighted by Crippen LogP contribution is 2.26. The minimum atomic E-state index is -0.723. The molecule has 0 aromatic carbocycles. The molecule has 126 valence electrons. The van der Waals surface area contributed by atoms with Gasteiger partial charge in [0.15, 0.2) is 0 Å². The van der Waals surface area contributed by atoms with Crippen LogP contribution in [-0.4, -0.2) is 23.9 Å². The predicted molar refractivity (Wildman–Crippen MR) is 98.0 cm³/mol. The van der Waals surface area contributed by atoms with Gasteiger partial charge >= 0.3 is 0 Å². The molecule has 1 rings (SSSR count). The first kappa shape index (κ1) is 19.1. The zero-order chi connectivity index (χ0) is 17.4. The molecule has 0 saturated heterocycles. The van der Waals surface area contributed by atoms with Gasteiger partial charge in [0.05, 0.1) is 0 Å². The zero-order valence-corrected chi connectivity index (χ0v) is 14.7. The Morgan fingerprint density at radius 1 is 1.43 bits per heavy atom. The van der Waals surface area contributed by atoms with Crippen molar-refractivity contribution in [1.82, 2.24) is 0 Å². The number of hydrogen-bond acceptors (Lipinski definition) is 3. The maximum atomic E-state index is 11.2. The largest absolute Gasteiger partial charge is 0.364 e. The van der Waals surface area contributed by atoms with E-state index in [0.717, 1.165) is 30.4 Å². The topological polar surface area (TPSA) is 79.3 Å². The van der Waals surface area contributed by atoms with E-state index in [2.05, 4.69) is 50.9 Å². The van der Waals surface area contributed by atoms with E-state index in [9.17, 15) is 4.79 Å². The molecule has 1 atom stereocenters. The van der Waals surface area contributed by atoms with Crippen molar-refractivity contribution in [2.45, 2.75) is 53.0 Å². The normalized spacial score (nSPS) is 18.8. The fourth-order valence-corrected chi connectivity index (χ4v) is 2.45. The lowest BCUT2D eigenvalue weighted by Crippen LogP contribution is -2.21. The fraction of sp³-hybridized carbons (Fsp3) is 0.526. The van der Waals surface area contributed by atoms with Crippen LogP contribution in [0.25, 0.3) is 0 Å². The van der Waals surface area contributed by atoms with E-state index in [1.807, 2.05) is 0 Å². The molecule has 0 aromatic rings. The van der Waals surface area contributed by atoms with E-state index in [0.29, 0.717) is 11.8 Å². The average molecular weight is 315 g/mol. The standard InChI is InChI=1S/C19H29N3O/c1-5-17(6-2)22-12-16(11-18(20)19(21)23)15-9-7-14(8-10-15)13(3)4/h7,9-14,17,20H,5-6,8H2,1-4H3,(H2,21,23)/b16-11+,20-18?,22-12?. The predicted octanol–water partition coefficient (Wildman–Crippen LogP) is 3.84. The Balaban J connectivity index is 3.04. The minimum absolute atomic E-state index is 0.198. The van der Waals surface area contributed by atoms with Crippen LogP contribution in [0.4, 0.5) is 0 Å². The highest BCUT2D eigenvalue weighted by molar-refractivity contribution is 6.42. The monoisotopic (exact) mass is 315 g/mol. The highest BCUT2D eigenvalue weighted by atomic mass is 16.1. The lowest BCUT2D eigenvalue weighted by Gasteiger charge is -2.20. The number of primary amides is 1. The smallest absolute Gasteiger partial charge is 0.266 e. The van der Waals surface area contributed by atoms with Crippen LogP contribution in [0.15, 0.2) is 40.4 Å². The van der Waals surface area contributed by atoms with Crippen LogP contribution in [0.1, 0.15) is 47.0 Å². The van der Waals surface area contributed by atoms with E-state index >= 15 is 0 Å². The summed E-state index contributed by atoms with van der Waals surface area (Å²) in [5.74, 6) is 0.407. The number of hydrogen-bond donors (Lipinski definition) is 2. The third kappa shape index (κ3) is 5.97. The summed E-state index contributed by atoms with van der Waals surface area (Å²) in [7, 11) is 0. The molecule has 0 aromatic heterocycles. The molecule has 23 heavy (non-hydrogen) atoms. The minimum Gasteiger partial charge on any atom is -0.364 e. The molecule has 0 fully saturated rings. The van der Waals surface area contributed by atoms with Gasteiger partial charge in [-0.15, -0.1) is 0 Å². The number of nitrogens with zero attached hydrogens (tertiary/aromatic N) is 1. The third-order valence-electron chi connectivity index (χ3n) is 4.25. The number of allylic oxidation sites excluding steroid dienone is 5. The first-order valence-corrected chi connectivity index (χ1v) is 8.40. The van der Waals surface area contributed by atoms with Crippen molar-refractivity contribution < 1.29 is 4.79 Å². The number of nitrogens with two attached hydrogens (primary N) is 1. The van der Waals surface area contributed by atoms with Crippen LogP contribution in [-0.2, 0) is 4.79 Å². The summed E-state index contributed by atoms with van der Waals surface area (Å²) in [6.45, 7) is 8.63. The van der Waals surface area contributed by atoms with Crippen molar-refractivity contribution in [3.05, 3.63) is 35.5 Å². The molecule has 0 bridgehead atoms. The highest BCUT2D eigenvalue weighted by Gasteiger charge is 2.14. The van der Waals surface area contributed by atoms with Crippen molar-refractivity contribution >= 4 is 17.8 Å². The number of amides is 1. The molecule has 0 radical (unpaired) electrons. The molecule has 0 heterocycles. The maximum absolute atomic E-state index is 11.2. The summed E-state index contributed by atoms with van der Waals surface area (Å²) in [4.78, 5) is 15.8. The summed E-state index contributed by atoms with van der Waals surface area (Å²) in [5, 5.41) is 7.71. The Kier molecular flexibility index (Phi) is 7.66. The van der Waals surface area contributed by atoms with Crippen LogP contribution in [0, 0.1) is 17.2 Å². The molecule has 1 amide bonds. The summed E-state index contributed by atoms with van der Waals surface area (Å²) in [6.07, 6.45) is 12.6. The van der Waals surface area contributed by atoms with Gasteiger partial charge in [-0.25, -0.2) is 0 Å². The van der Waals surface area contributed by atoms with Crippen LogP contribution < -0.4 is 5.73 Å². The van der Waals surface area contributed by atoms with Gasteiger partial charge in [0.2, 0.25) is 0 Å². The lowest BCUT2D eigenvalue weighted by molar-refractivity contribution is -0.111. The Morgan fingerprint density at radius 3 is 2.52 bits per heavy atom. The van der Waals surface area contributed by atoms with Gasteiger partial charge in [0.25, 0.3) is 5.91 Å². The van der Waals surface area contributed by atoms with Crippen LogP contribution in [0.3, 0.4) is 0 Å². The Morgan fingerprint density at radius 2 is 2.09 bits per heavy atom. The van der Waals surface area contributed by atoms with Crippen LogP contribution in [0.2, 0.25) is 0 Å². The van der Waals surface area contributed by atoms with Crippen molar-refractivity contribution in [3.8, 4) is 0 Å². The summed E-state index contributed by atoms with van der Waals surface area (Å²) in [5.41, 5.74) is 6.78. The van der Waals surface area contributed by atoms with E-state index in [1.54, 1.807) is 6.21 Å². The average Bonchev–Trinajstić information content (AvgIpc) is 2.54. The second-order valence-corrected chi connectivity index (χ2v) is 6.29. The molecule has 0 aliphatic heterocycles. The number of aliphatic imine (C=N–C) groups is 1. The SMILES string of the molecule is CCC(CC)N=C/C(=C\C(=N)C(N)=O)C1=CCC(C(C)C)C=C1. The first-order valence-electron chi connectivity index (χ1n) is 8.40. The molecule has 1 unspecified atom stereocenters. The van der Waals surface area contributed by atoms with Gasteiger partial charge in [-0.2, -0.15) is 0 Å². The van der Waals surface area contributed by atoms with E-state index in [4.69, 9.17) is 11.1 Å². The van der Waals surface area contributed by atoms with E-state index < -0.39 is 5.91 Å². The van der Waals surface area contributed by atoms with Crippen molar-refractivity contribution in [2.75, 3.05) is 0 Å². The summed E-state index contributed by atoms with van der Waals surface area (Å²) >= 11 is 0. The molecular weight excluding hydrogens is 286 g/mol. The fourth-order valence-electron chi connectivity index (χ4n) is 2.45. The van der Waals surface area contributed by atoms with Crippen molar-refractivity contribution in [2.24, 2.45) is 22.6 Å². The van der Waals surface area contributed by atoms with E-state index in [1.165, 1.54) is 6.08 Å².